The average Bonchev–Trinajstić information content (AvgIpc) is 3.39. The highest BCUT2D eigenvalue weighted by Crippen LogP contribution is 2.24. The van der Waals surface area contributed by atoms with Crippen molar-refractivity contribution in [2.75, 3.05) is 10.6 Å². The van der Waals surface area contributed by atoms with E-state index in [0.29, 0.717) is 35.6 Å². The zero-order valence-corrected chi connectivity index (χ0v) is 16.6. The first kappa shape index (κ1) is 18.1. The van der Waals surface area contributed by atoms with Gasteiger partial charge in [0.1, 0.15) is 5.69 Å². The van der Waals surface area contributed by atoms with E-state index in [1.165, 1.54) is 0 Å². The molecular weight excluding hydrogens is 424 g/mol. The lowest BCUT2D eigenvalue weighted by Gasteiger charge is -2.07. The summed E-state index contributed by atoms with van der Waals surface area (Å²) in [5.74, 6) is 2.41. The van der Waals surface area contributed by atoms with Crippen LogP contribution in [0.15, 0.2) is 51.7 Å². The zero-order chi connectivity index (χ0) is 19.3. The van der Waals surface area contributed by atoms with Crippen molar-refractivity contribution in [1.29, 1.82) is 0 Å². The molecule has 0 aliphatic rings. The maximum Gasteiger partial charge on any atom is 0.225 e. The molecule has 0 spiro atoms. The first-order valence-corrected chi connectivity index (χ1v) is 9.45. The van der Waals surface area contributed by atoms with Gasteiger partial charge in [-0.1, -0.05) is 18.1 Å². The fraction of sp³-hybridized carbons (Fsp3) is 0.167. The molecule has 9 nitrogen and oxygen atoms in total. The van der Waals surface area contributed by atoms with Gasteiger partial charge in [0.05, 0.1) is 16.7 Å². The number of halogens is 1. The van der Waals surface area contributed by atoms with Crippen molar-refractivity contribution in [3.05, 3.63) is 58.7 Å². The number of rotatable bonds is 7. The summed E-state index contributed by atoms with van der Waals surface area (Å²) in [6, 6.07) is 9.42. The molecule has 0 saturated carbocycles. The smallest absolute Gasteiger partial charge is 0.225 e. The maximum atomic E-state index is 5.36. The number of aromatic nitrogens is 6. The SMILES string of the molecule is CCc1cc(Nc2nc(NCc3cc(-c4ccccn4)no3)ncc2Br)n[nH]1. The summed E-state index contributed by atoms with van der Waals surface area (Å²) in [5, 5.41) is 17.5. The number of anilines is 3. The van der Waals surface area contributed by atoms with Crippen molar-refractivity contribution in [1.82, 2.24) is 30.3 Å². The van der Waals surface area contributed by atoms with Crippen LogP contribution in [0.5, 0.6) is 0 Å². The van der Waals surface area contributed by atoms with Crippen LogP contribution in [0.25, 0.3) is 11.4 Å². The Morgan fingerprint density at radius 2 is 2.11 bits per heavy atom. The third-order valence-corrected chi connectivity index (χ3v) is 4.49. The molecule has 0 bridgehead atoms. The number of aryl methyl sites for hydroxylation is 1. The van der Waals surface area contributed by atoms with Gasteiger partial charge < -0.3 is 15.2 Å². The average molecular weight is 441 g/mol. The summed E-state index contributed by atoms with van der Waals surface area (Å²) in [5.41, 5.74) is 2.48. The highest BCUT2D eigenvalue weighted by Gasteiger charge is 2.10. The van der Waals surface area contributed by atoms with E-state index in [1.807, 2.05) is 30.3 Å². The Balaban J connectivity index is 1.43. The molecule has 0 fully saturated rings. The number of aromatic amines is 1. The Labute approximate surface area is 169 Å². The maximum absolute atomic E-state index is 5.36. The lowest BCUT2D eigenvalue weighted by Crippen LogP contribution is -2.05. The quantitative estimate of drug-likeness (QED) is 0.395. The molecule has 0 aliphatic carbocycles. The molecule has 0 radical (unpaired) electrons. The lowest BCUT2D eigenvalue weighted by molar-refractivity contribution is 0.389. The number of nitrogens with zero attached hydrogens (tertiary/aromatic N) is 5. The lowest BCUT2D eigenvalue weighted by atomic mass is 10.2. The van der Waals surface area contributed by atoms with E-state index < -0.39 is 0 Å². The van der Waals surface area contributed by atoms with E-state index in [9.17, 15) is 0 Å². The summed E-state index contributed by atoms with van der Waals surface area (Å²) in [4.78, 5) is 13.0. The highest BCUT2D eigenvalue weighted by molar-refractivity contribution is 9.10. The fourth-order valence-electron chi connectivity index (χ4n) is 2.47. The molecule has 0 aliphatic heterocycles. The second-order valence-electron chi connectivity index (χ2n) is 5.89. The van der Waals surface area contributed by atoms with Crippen LogP contribution in [0.1, 0.15) is 18.4 Å². The number of hydrogen-bond donors (Lipinski definition) is 3. The second-order valence-corrected chi connectivity index (χ2v) is 6.75. The number of nitrogens with one attached hydrogen (secondary N) is 3. The van der Waals surface area contributed by atoms with Crippen LogP contribution in [-0.4, -0.2) is 30.3 Å². The largest absolute Gasteiger partial charge is 0.359 e. The van der Waals surface area contributed by atoms with Crippen molar-refractivity contribution >= 4 is 33.5 Å². The molecule has 0 amide bonds. The minimum atomic E-state index is 0.392. The van der Waals surface area contributed by atoms with E-state index in [1.54, 1.807) is 12.4 Å². The van der Waals surface area contributed by atoms with Gasteiger partial charge in [0.15, 0.2) is 17.4 Å². The molecule has 0 atom stereocenters. The Morgan fingerprint density at radius 3 is 2.89 bits per heavy atom. The third-order valence-electron chi connectivity index (χ3n) is 3.91. The number of pyridine rings is 1. The van der Waals surface area contributed by atoms with E-state index in [4.69, 9.17) is 4.52 Å². The molecular formula is C18H17BrN8O. The predicted molar refractivity (Wildman–Crippen MR) is 108 cm³/mol. The second kappa shape index (κ2) is 8.17. The number of hydrogen-bond acceptors (Lipinski definition) is 8. The van der Waals surface area contributed by atoms with Crippen LogP contribution < -0.4 is 10.6 Å². The summed E-state index contributed by atoms with van der Waals surface area (Å²) in [6.45, 7) is 2.45. The summed E-state index contributed by atoms with van der Waals surface area (Å²) >= 11 is 3.45. The molecule has 3 N–H and O–H groups in total. The summed E-state index contributed by atoms with van der Waals surface area (Å²) < 4.78 is 6.09. The highest BCUT2D eigenvalue weighted by atomic mass is 79.9. The van der Waals surface area contributed by atoms with E-state index >= 15 is 0 Å². The standard InChI is InChI=1S/C18H17BrN8O/c1-2-11-7-16(26-25-11)23-17-13(19)10-22-18(24-17)21-9-12-8-15(27-28-12)14-5-3-4-6-20-14/h3-8,10H,2,9H2,1H3,(H3,21,22,23,24,25,26). The monoisotopic (exact) mass is 440 g/mol. The minimum absolute atomic E-state index is 0.392. The van der Waals surface area contributed by atoms with Gasteiger partial charge in [0.25, 0.3) is 0 Å². The molecule has 4 heterocycles. The number of H-pyrrole nitrogens is 1. The summed E-state index contributed by atoms with van der Waals surface area (Å²) in [7, 11) is 0. The molecule has 4 aromatic rings. The molecule has 28 heavy (non-hydrogen) atoms. The van der Waals surface area contributed by atoms with Crippen molar-refractivity contribution in [2.45, 2.75) is 19.9 Å². The van der Waals surface area contributed by atoms with Gasteiger partial charge in [-0.15, -0.1) is 0 Å². The van der Waals surface area contributed by atoms with Crippen LogP contribution in [0.2, 0.25) is 0 Å². The van der Waals surface area contributed by atoms with Crippen LogP contribution in [0, 0.1) is 0 Å². The van der Waals surface area contributed by atoms with Crippen LogP contribution in [0.3, 0.4) is 0 Å². The minimum Gasteiger partial charge on any atom is -0.359 e. The van der Waals surface area contributed by atoms with Gasteiger partial charge in [-0.25, -0.2) is 4.98 Å². The Bertz CT molecular complexity index is 1060. The zero-order valence-electron chi connectivity index (χ0n) is 15.0. The Kier molecular flexibility index (Phi) is 5.29. The van der Waals surface area contributed by atoms with Crippen molar-refractivity contribution in [2.24, 2.45) is 0 Å². The van der Waals surface area contributed by atoms with Gasteiger partial charge in [0, 0.05) is 30.2 Å². The van der Waals surface area contributed by atoms with E-state index in [-0.39, 0.29) is 0 Å². The van der Waals surface area contributed by atoms with Gasteiger partial charge in [0.2, 0.25) is 5.95 Å². The van der Waals surface area contributed by atoms with E-state index in [2.05, 4.69) is 63.8 Å². The molecule has 0 saturated heterocycles. The van der Waals surface area contributed by atoms with Crippen molar-refractivity contribution in [3.8, 4) is 11.4 Å². The van der Waals surface area contributed by atoms with Gasteiger partial charge in [-0.05, 0) is 34.5 Å². The van der Waals surface area contributed by atoms with Crippen LogP contribution in [0.4, 0.5) is 17.6 Å². The van der Waals surface area contributed by atoms with Crippen molar-refractivity contribution < 1.29 is 4.52 Å². The van der Waals surface area contributed by atoms with E-state index in [0.717, 1.165) is 22.3 Å². The molecule has 10 heteroatoms. The third kappa shape index (κ3) is 4.17. The van der Waals surface area contributed by atoms with Crippen LogP contribution >= 0.6 is 15.9 Å². The van der Waals surface area contributed by atoms with Gasteiger partial charge in [-0.3, -0.25) is 10.1 Å². The molecule has 0 aromatic carbocycles. The molecule has 0 unspecified atom stereocenters. The molecule has 4 aromatic heterocycles. The Hall–Kier alpha value is -3.27. The van der Waals surface area contributed by atoms with Crippen molar-refractivity contribution in [3.63, 3.8) is 0 Å². The van der Waals surface area contributed by atoms with Crippen LogP contribution in [-0.2, 0) is 13.0 Å². The fourth-order valence-corrected chi connectivity index (χ4v) is 2.76. The Morgan fingerprint density at radius 1 is 1.18 bits per heavy atom. The van der Waals surface area contributed by atoms with Gasteiger partial charge in [-0.2, -0.15) is 10.1 Å². The molecule has 4 rings (SSSR count). The predicted octanol–water partition coefficient (Wildman–Crippen LogP) is 3.93. The summed E-state index contributed by atoms with van der Waals surface area (Å²) in [6.07, 6.45) is 4.27. The topological polar surface area (TPSA) is 117 Å². The molecule has 142 valence electrons. The normalized spacial score (nSPS) is 10.8. The first-order valence-electron chi connectivity index (χ1n) is 8.66. The van der Waals surface area contributed by atoms with Gasteiger partial charge >= 0.3 is 0 Å². The first-order chi connectivity index (χ1) is 13.7.